The van der Waals surface area contributed by atoms with Gasteiger partial charge >= 0.3 is 0 Å². The van der Waals surface area contributed by atoms with E-state index in [4.69, 9.17) is 5.26 Å². The highest BCUT2D eigenvalue weighted by Crippen LogP contribution is 2.26. The summed E-state index contributed by atoms with van der Waals surface area (Å²) in [5.74, 6) is -0.134. The smallest absolute Gasteiger partial charge is 0.212 e. The van der Waals surface area contributed by atoms with Crippen molar-refractivity contribution in [2.45, 2.75) is 18.8 Å². The van der Waals surface area contributed by atoms with Crippen molar-refractivity contribution in [3.63, 3.8) is 0 Å². The monoisotopic (exact) mass is 298 g/mol. The lowest BCUT2D eigenvalue weighted by molar-refractivity contribution is 0.431. The molecule has 0 bridgehead atoms. The molecule has 0 fully saturated rings. The van der Waals surface area contributed by atoms with Crippen LogP contribution in [0.5, 0.6) is 0 Å². The third kappa shape index (κ3) is 2.68. The van der Waals surface area contributed by atoms with E-state index in [-0.39, 0.29) is 5.75 Å². The minimum absolute atomic E-state index is 0.134. The molecule has 0 N–H and O–H groups in total. The summed E-state index contributed by atoms with van der Waals surface area (Å²) in [5, 5.41) is 9.06. The van der Waals surface area contributed by atoms with Crippen LogP contribution in [-0.2, 0) is 28.9 Å². The molecular weight excluding hydrogens is 284 g/mol. The summed E-state index contributed by atoms with van der Waals surface area (Å²) in [4.78, 5) is 0. The normalized spacial score (nSPS) is 14.6. The molecule has 0 atom stereocenters. The number of nitrogens with zero attached hydrogens (tertiary/aromatic N) is 2. The van der Waals surface area contributed by atoms with Crippen molar-refractivity contribution in [3.8, 4) is 6.07 Å². The van der Waals surface area contributed by atoms with Gasteiger partial charge in [0.2, 0.25) is 10.0 Å². The summed E-state index contributed by atoms with van der Waals surface area (Å²) < 4.78 is 26.6. The van der Waals surface area contributed by atoms with Crippen LogP contribution < -0.4 is 0 Å². The number of sulfonamides is 1. The van der Waals surface area contributed by atoms with Gasteiger partial charge in [0.15, 0.2) is 0 Å². The number of nitriles is 1. The molecule has 0 aromatic heterocycles. The summed E-state index contributed by atoms with van der Waals surface area (Å²) in [6.07, 6.45) is 0. The van der Waals surface area contributed by atoms with Gasteiger partial charge in [0.1, 0.15) is 0 Å². The van der Waals surface area contributed by atoms with E-state index in [0.29, 0.717) is 24.2 Å². The van der Waals surface area contributed by atoms with Crippen LogP contribution in [0.2, 0.25) is 0 Å². The second-order valence-electron chi connectivity index (χ2n) is 5.06. The van der Waals surface area contributed by atoms with Crippen LogP contribution in [0.25, 0.3) is 0 Å². The number of hydrogen-bond donors (Lipinski definition) is 0. The van der Waals surface area contributed by atoms with Crippen LogP contribution in [0.4, 0.5) is 0 Å². The summed E-state index contributed by atoms with van der Waals surface area (Å²) in [6, 6.07) is 16.6. The fraction of sp³-hybridized carbons (Fsp3) is 0.188. The molecule has 0 saturated heterocycles. The maximum Gasteiger partial charge on any atom is 0.218 e. The maximum atomic E-state index is 12.6. The summed E-state index contributed by atoms with van der Waals surface area (Å²) in [5.41, 5.74) is 3.07. The van der Waals surface area contributed by atoms with Gasteiger partial charge < -0.3 is 0 Å². The first-order chi connectivity index (χ1) is 10.1. The Bertz CT molecular complexity index is 797. The van der Waals surface area contributed by atoms with Crippen LogP contribution in [0.15, 0.2) is 48.5 Å². The van der Waals surface area contributed by atoms with E-state index in [2.05, 4.69) is 0 Å². The van der Waals surface area contributed by atoms with Crippen molar-refractivity contribution in [2.75, 3.05) is 0 Å². The van der Waals surface area contributed by atoms with Crippen molar-refractivity contribution in [2.24, 2.45) is 0 Å². The molecule has 4 nitrogen and oxygen atoms in total. The van der Waals surface area contributed by atoms with E-state index in [1.807, 2.05) is 30.3 Å². The topological polar surface area (TPSA) is 61.2 Å². The van der Waals surface area contributed by atoms with Gasteiger partial charge in [-0.1, -0.05) is 42.5 Å². The highest BCUT2D eigenvalue weighted by Gasteiger charge is 2.29. The lowest BCUT2D eigenvalue weighted by Crippen LogP contribution is -2.27. The van der Waals surface area contributed by atoms with Crippen molar-refractivity contribution in [3.05, 3.63) is 70.8 Å². The van der Waals surface area contributed by atoms with Gasteiger partial charge in [0, 0.05) is 13.1 Å². The van der Waals surface area contributed by atoms with E-state index in [1.165, 1.54) is 4.31 Å². The standard InChI is InChI=1S/C16H14N2O2S/c17-9-13-5-1-4-8-16(13)12-21(19,20)18-10-14-6-2-3-7-15(14)11-18/h1-8H,10-12H2. The third-order valence-electron chi connectivity index (χ3n) is 3.68. The zero-order valence-electron chi connectivity index (χ0n) is 11.4. The molecule has 0 unspecified atom stereocenters. The Morgan fingerprint density at radius 3 is 2.19 bits per heavy atom. The molecule has 21 heavy (non-hydrogen) atoms. The third-order valence-corrected chi connectivity index (χ3v) is 5.40. The average molecular weight is 298 g/mol. The van der Waals surface area contributed by atoms with Crippen LogP contribution >= 0.6 is 0 Å². The fourth-order valence-electron chi connectivity index (χ4n) is 2.54. The van der Waals surface area contributed by atoms with Gasteiger partial charge in [0.05, 0.1) is 17.4 Å². The summed E-state index contributed by atoms with van der Waals surface area (Å²) in [6.45, 7) is 0.820. The van der Waals surface area contributed by atoms with E-state index in [9.17, 15) is 8.42 Å². The second kappa shape index (κ2) is 5.32. The highest BCUT2D eigenvalue weighted by molar-refractivity contribution is 7.88. The quantitative estimate of drug-likeness (QED) is 0.874. The molecule has 2 aromatic carbocycles. The van der Waals surface area contributed by atoms with Gasteiger partial charge in [-0.2, -0.15) is 9.57 Å². The molecule has 0 saturated carbocycles. The molecule has 0 spiro atoms. The van der Waals surface area contributed by atoms with Crippen LogP contribution in [0.1, 0.15) is 22.3 Å². The Hall–Kier alpha value is -2.16. The Kier molecular flexibility index (Phi) is 3.50. The van der Waals surface area contributed by atoms with E-state index in [1.54, 1.807) is 24.3 Å². The Morgan fingerprint density at radius 1 is 1.00 bits per heavy atom. The lowest BCUT2D eigenvalue weighted by atomic mass is 10.1. The van der Waals surface area contributed by atoms with Crippen molar-refractivity contribution < 1.29 is 8.42 Å². The first kappa shape index (κ1) is 13.8. The van der Waals surface area contributed by atoms with E-state index >= 15 is 0 Å². The molecule has 106 valence electrons. The highest BCUT2D eigenvalue weighted by atomic mass is 32.2. The summed E-state index contributed by atoms with van der Waals surface area (Å²) in [7, 11) is -3.43. The molecule has 1 aliphatic heterocycles. The van der Waals surface area contributed by atoms with Crippen molar-refractivity contribution >= 4 is 10.0 Å². The van der Waals surface area contributed by atoms with Crippen LogP contribution in [0.3, 0.4) is 0 Å². The molecule has 0 amide bonds. The zero-order chi connectivity index (χ0) is 14.9. The lowest BCUT2D eigenvalue weighted by Gasteiger charge is -2.16. The molecule has 0 aliphatic carbocycles. The molecule has 5 heteroatoms. The molecular formula is C16H14N2O2S. The van der Waals surface area contributed by atoms with Crippen LogP contribution in [0, 0.1) is 11.3 Å². The predicted octanol–water partition coefficient (Wildman–Crippen LogP) is 2.40. The first-order valence-electron chi connectivity index (χ1n) is 6.63. The van der Waals surface area contributed by atoms with Gasteiger partial charge in [0.25, 0.3) is 0 Å². The second-order valence-corrected chi connectivity index (χ2v) is 7.03. The SMILES string of the molecule is N#Cc1ccccc1CS(=O)(=O)N1Cc2ccccc2C1. The number of hydrogen-bond acceptors (Lipinski definition) is 3. The van der Waals surface area contributed by atoms with Gasteiger partial charge in [-0.05, 0) is 22.8 Å². The Morgan fingerprint density at radius 2 is 1.57 bits per heavy atom. The van der Waals surface area contributed by atoms with Crippen molar-refractivity contribution in [1.29, 1.82) is 5.26 Å². The number of benzene rings is 2. The minimum Gasteiger partial charge on any atom is -0.212 e. The molecule has 2 aromatic rings. The van der Waals surface area contributed by atoms with Crippen molar-refractivity contribution in [1.82, 2.24) is 4.31 Å². The molecule has 0 radical (unpaired) electrons. The van der Waals surface area contributed by atoms with Gasteiger partial charge in [-0.15, -0.1) is 0 Å². The maximum absolute atomic E-state index is 12.6. The minimum atomic E-state index is -3.43. The average Bonchev–Trinajstić information content (AvgIpc) is 2.92. The zero-order valence-corrected chi connectivity index (χ0v) is 12.2. The van der Waals surface area contributed by atoms with E-state index in [0.717, 1.165) is 11.1 Å². The molecule has 1 heterocycles. The Balaban J connectivity index is 1.85. The fourth-order valence-corrected chi connectivity index (χ4v) is 4.04. The first-order valence-corrected chi connectivity index (χ1v) is 8.24. The summed E-state index contributed by atoms with van der Waals surface area (Å²) >= 11 is 0. The Labute approximate surface area is 124 Å². The van der Waals surface area contributed by atoms with Crippen LogP contribution in [-0.4, -0.2) is 12.7 Å². The van der Waals surface area contributed by atoms with E-state index < -0.39 is 10.0 Å². The van der Waals surface area contributed by atoms with Gasteiger partial charge in [-0.25, -0.2) is 8.42 Å². The van der Waals surface area contributed by atoms with Gasteiger partial charge in [-0.3, -0.25) is 0 Å². The number of rotatable bonds is 3. The molecule has 1 aliphatic rings. The number of fused-ring (bicyclic) bond motifs is 1. The largest absolute Gasteiger partial charge is 0.218 e. The predicted molar refractivity (Wildman–Crippen MR) is 79.5 cm³/mol. The molecule has 3 rings (SSSR count).